The molecule has 16 heavy (non-hydrogen) atoms. The lowest BCUT2D eigenvalue weighted by Crippen LogP contribution is -2.31. The minimum absolute atomic E-state index is 0.427. The molecule has 88 valence electrons. The van der Waals surface area contributed by atoms with Crippen LogP contribution in [0, 0.1) is 0 Å². The summed E-state index contributed by atoms with van der Waals surface area (Å²) in [4.78, 5) is 0. The molecule has 4 heteroatoms. The van der Waals surface area contributed by atoms with Gasteiger partial charge in [-0.15, -0.1) is 0 Å². The Labute approximate surface area is 104 Å². The summed E-state index contributed by atoms with van der Waals surface area (Å²) in [5.41, 5.74) is 0.384. The Kier molecular flexibility index (Phi) is 3.52. The van der Waals surface area contributed by atoms with E-state index in [4.69, 9.17) is 9.47 Å². The van der Waals surface area contributed by atoms with E-state index in [1.807, 2.05) is 18.2 Å². The van der Waals surface area contributed by atoms with Crippen molar-refractivity contribution in [2.75, 3.05) is 20.3 Å². The zero-order chi connectivity index (χ0) is 11.6. The van der Waals surface area contributed by atoms with Gasteiger partial charge < -0.3 is 14.6 Å². The minimum Gasteiger partial charge on any atom is -0.496 e. The summed E-state index contributed by atoms with van der Waals surface area (Å²) in [7, 11) is 1.64. The van der Waals surface area contributed by atoms with Gasteiger partial charge in [0.05, 0.1) is 23.8 Å². The second-order valence-corrected chi connectivity index (χ2v) is 5.03. The second kappa shape index (κ2) is 4.73. The number of hydrogen-bond donors (Lipinski definition) is 1. The van der Waals surface area contributed by atoms with E-state index in [0.29, 0.717) is 26.1 Å². The zero-order valence-corrected chi connectivity index (χ0v) is 10.8. The number of methoxy groups -OCH3 is 1. The molecule has 1 aliphatic rings. The quantitative estimate of drug-likeness (QED) is 0.925. The predicted octanol–water partition coefficient (Wildman–Crippen LogP) is 2.15. The van der Waals surface area contributed by atoms with Crippen LogP contribution in [0.5, 0.6) is 5.75 Å². The molecule has 1 aromatic rings. The molecule has 0 aliphatic carbocycles. The van der Waals surface area contributed by atoms with Crippen molar-refractivity contribution in [3.05, 3.63) is 28.2 Å². The normalized spacial score (nSPS) is 24.7. The maximum Gasteiger partial charge on any atom is 0.133 e. The zero-order valence-electron chi connectivity index (χ0n) is 9.20. The van der Waals surface area contributed by atoms with E-state index < -0.39 is 5.60 Å². The van der Waals surface area contributed by atoms with Crippen LogP contribution in [-0.4, -0.2) is 31.0 Å². The highest BCUT2D eigenvalue weighted by molar-refractivity contribution is 9.10. The largest absolute Gasteiger partial charge is 0.496 e. The van der Waals surface area contributed by atoms with Crippen molar-refractivity contribution >= 4 is 15.9 Å². The van der Waals surface area contributed by atoms with E-state index in [2.05, 4.69) is 15.9 Å². The molecule has 1 fully saturated rings. The number of benzene rings is 1. The third-order valence-corrected chi connectivity index (χ3v) is 3.45. The topological polar surface area (TPSA) is 38.7 Å². The summed E-state index contributed by atoms with van der Waals surface area (Å²) in [6.07, 6.45) is 1.33. The van der Waals surface area contributed by atoms with Gasteiger partial charge in [0.2, 0.25) is 0 Å². The average Bonchev–Trinajstić information content (AvgIpc) is 2.65. The first-order valence-electron chi connectivity index (χ1n) is 5.25. The third-order valence-electron chi connectivity index (χ3n) is 2.83. The summed E-state index contributed by atoms with van der Waals surface area (Å²) < 4.78 is 11.3. The van der Waals surface area contributed by atoms with Gasteiger partial charge in [-0.25, -0.2) is 0 Å². The molecule has 0 bridgehead atoms. The Bertz CT molecular complexity index is 373. The first kappa shape index (κ1) is 11.9. The number of aliphatic hydroxyl groups is 1. The van der Waals surface area contributed by atoms with E-state index in [1.165, 1.54) is 0 Å². The molecule has 1 aromatic carbocycles. The van der Waals surface area contributed by atoms with Gasteiger partial charge >= 0.3 is 0 Å². The van der Waals surface area contributed by atoms with Crippen molar-refractivity contribution in [3.8, 4) is 5.75 Å². The van der Waals surface area contributed by atoms with E-state index >= 15 is 0 Å². The van der Waals surface area contributed by atoms with Crippen LogP contribution >= 0.6 is 15.9 Å². The molecule has 1 aliphatic heterocycles. The monoisotopic (exact) mass is 286 g/mol. The molecule has 0 aromatic heterocycles. The number of halogens is 1. The van der Waals surface area contributed by atoms with Crippen molar-refractivity contribution in [2.45, 2.75) is 18.4 Å². The smallest absolute Gasteiger partial charge is 0.133 e. The van der Waals surface area contributed by atoms with Crippen LogP contribution in [0.15, 0.2) is 22.7 Å². The molecule has 1 heterocycles. The van der Waals surface area contributed by atoms with Crippen LogP contribution in [0.3, 0.4) is 0 Å². The third kappa shape index (κ3) is 2.56. The van der Waals surface area contributed by atoms with Gasteiger partial charge in [0.1, 0.15) is 5.75 Å². The van der Waals surface area contributed by atoms with E-state index in [9.17, 15) is 5.11 Å². The molecular weight excluding hydrogens is 272 g/mol. The van der Waals surface area contributed by atoms with Crippen molar-refractivity contribution in [2.24, 2.45) is 0 Å². The summed E-state index contributed by atoms with van der Waals surface area (Å²) in [5, 5.41) is 10.2. The van der Waals surface area contributed by atoms with Crippen LogP contribution in [-0.2, 0) is 11.2 Å². The number of rotatable bonds is 3. The molecule has 1 unspecified atom stereocenters. The molecule has 3 nitrogen and oxygen atoms in total. The molecule has 1 N–H and O–H groups in total. The fraction of sp³-hybridized carbons (Fsp3) is 0.500. The fourth-order valence-corrected chi connectivity index (χ4v) is 2.52. The van der Waals surface area contributed by atoms with Crippen molar-refractivity contribution in [3.63, 3.8) is 0 Å². The molecule has 1 saturated heterocycles. The summed E-state index contributed by atoms with van der Waals surface area (Å²) in [5.74, 6) is 0.804. The van der Waals surface area contributed by atoms with Gasteiger partial charge in [-0.2, -0.15) is 0 Å². The van der Waals surface area contributed by atoms with Crippen molar-refractivity contribution in [1.29, 1.82) is 0 Å². The number of hydrogen-bond acceptors (Lipinski definition) is 3. The Morgan fingerprint density at radius 3 is 2.94 bits per heavy atom. The number of ether oxygens (including phenoxy) is 2. The Morgan fingerprint density at radius 2 is 2.38 bits per heavy atom. The molecule has 0 spiro atoms. The van der Waals surface area contributed by atoms with Gasteiger partial charge in [0.15, 0.2) is 0 Å². The Hall–Kier alpha value is -0.580. The van der Waals surface area contributed by atoms with E-state index in [-0.39, 0.29) is 0 Å². The maximum absolute atomic E-state index is 10.2. The molecule has 0 amide bonds. The van der Waals surface area contributed by atoms with Gasteiger partial charge in [-0.3, -0.25) is 0 Å². The summed E-state index contributed by atoms with van der Waals surface area (Å²) in [6.45, 7) is 1.07. The van der Waals surface area contributed by atoms with Crippen molar-refractivity contribution in [1.82, 2.24) is 0 Å². The van der Waals surface area contributed by atoms with Crippen molar-refractivity contribution < 1.29 is 14.6 Å². The first-order valence-corrected chi connectivity index (χ1v) is 6.05. The highest BCUT2D eigenvalue weighted by Gasteiger charge is 2.32. The molecule has 0 radical (unpaired) electrons. The van der Waals surface area contributed by atoms with Gasteiger partial charge in [-0.05, 0) is 33.6 Å². The van der Waals surface area contributed by atoms with Crippen LogP contribution in [0.1, 0.15) is 12.0 Å². The van der Waals surface area contributed by atoms with Crippen LogP contribution < -0.4 is 4.74 Å². The first-order chi connectivity index (χ1) is 7.63. The van der Waals surface area contributed by atoms with E-state index in [0.717, 1.165) is 15.8 Å². The Balaban J connectivity index is 2.13. The van der Waals surface area contributed by atoms with Gasteiger partial charge in [0.25, 0.3) is 0 Å². The molecule has 2 rings (SSSR count). The minimum atomic E-state index is -0.700. The molecule has 0 saturated carbocycles. The Morgan fingerprint density at radius 1 is 1.56 bits per heavy atom. The fourth-order valence-electron chi connectivity index (χ4n) is 1.94. The lowest BCUT2D eigenvalue weighted by atomic mass is 9.94. The lowest BCUT2D eigenvalue weighted by Gasteiger charge is -2.20. The van der Waals surface area contributed by atoms with Crippen LogP contribution in [0.2, 0.25) is 0 Å². The highest BCUT2D eigenvalue weighted by atomic mass is 79.9. The molecular formula is C12H15BrO3. The van der Waals surface area contributed by atoms with Gasteiger partial charge in [0, 0.05) is 19.4 Å². The average molecular weight is 287 g/mol. The van der Waals surface area contributed by atoms with E-state index in [1.54, 1.807) is 7.11 Å². The predicted molar refractivity (Wildman–Crippen MR) is 64.8 cm³/mol. The second-order valence-electron chi connectivity index (χ2n) is 4.17. The van der Waals surface area contributed by atoms with Crippen LogP contribution in [0.4, 0.5) is 0 Å². The van der Waals surface area contributed by atoms with Gasteiger partial charge in [-0.1, -0.05) is 6.07 Å². The lowest BCUT2D eigenvalue weighted by molar-refractivity contribution is 0.0270. The summed E-state index contributed by atoms with van der Waals surface area (Å²) >= 11 is 3.44. The summed E-state index contributed by atoms with van der Waals surface area (Å²) in [6, 6.07) is 5.85. The standard InChI is InChI=1S/C12H15BrO3/c1-15-11-3-2-9(6-10(11)13)7-12(14)4-5-16-8-12/h2-3,6,14H,4-5,7-8H2,1H3. The highest BCUT2D eigenvalue weighted by Crippen LogP contribution is 2.29. The SMILES string of the molecule is COc1ccc(CC2(O)CCOC2)cc1Br. The molecule has 1 atom stereocenters. The maximum atomic E-state index is 10.2. The van der Waals surface area contributed by atoms with Crippen LogP contribution in [0.25, 0.3) is 0 Å².